The summed E-state index contributed by atoms with van der Waals surface area (Å²) in [5, 5.41) is 0.652. The van der Waals surface area contributed by atoms with Gasteiger partial charge in [0, 0.05) is 5.75 Å². The van der Waals surface area contributed by atoms with Crippen molar-refractivity contribution in [3.8, 4) is 5.75 Å². The number of aromatic nitrogens is 2. The number of halogens is 1. The van der Waals surface area contributed by atoms with E-state index in [1.54, 1.807) is 6.07 Å². The lowest BCUT2D eigenvalue weighted by Crippen LogP contribution is -2.13. The fraction of sp³-hybridized carbons (Fsp3) is 0.190. The van der Waals surface area contributed by atoms with Crippen LogP contribution in [0, 0.1) is 20.8 Å². The number of aryl methyl sites for hydroxylation is 2. The summed E-state index contributed by atoms with van der Waals surface area (Å²) in [6.07, 6.45) is 1.44. The number of benzene rings is 2. The van der Waals surface area contributed by atoms with Crippen molar-refractivity contribution < 1.29 is 9.53 Å². The minimum absolute atomic E-state index is 0.0688. The quantitative estimate of drug-likeness (QED) is 0.243. The number of esters is 1. The van der Waals surface area contributed by atoms with E-state index in [0.29, 0.717) is 16.7 Å². The molecule has 4 nitrogen and oxygen atoms in total. The van der Waals surface area contributed by atoms with Crippen LogP contribution >= 0.6 is 23.4 Å². The van der Waals surface area contributed by atoms with E-state index in [1.807, 2.05) is 51.1 Å². The summed E-state index contributed by atoms with van der Waals surface area (Å²) in [6, 6.07) is 13.8. The van der Waals surface area contributed by atoms with Crippen LogP contribution in [0.2, 0.25) is 5.02 Å². The molecule has 0 radical (unpaired) electrons. The third kappa shape index (κ3) is 4.87. The second kappa shape index (κ2) is 8.55. The van der Waals surface area contributed by atoms with Gasteiger partial charge in [0.15, 0.2) is 10.9 Å². The predicted octanol–water partition coefficient (Wildman–Crippen LogP) is 5.57. The molecule has 2 aromatic carbocycles. The molecular weight excluding hydrogens is 380 g/mol. The summed E-state index contributed by atoms with van der Waals surface area (Å²) in [4.78, 5) is 21.1. The SMILES string of the molecule is Cc1cccc(CSc2ncc(Cl)c(C(=O)Oc3cccc(C)c3C)n2)c1. The van der Waals surface area contributed by atoms with E-state index in [1.165, 1.54) is 23.5 Å². The molecule has 0 fully saturated rings. The molecule has 0 N–H and O–H groups in total. The van der Waals surface area contributed by atoms with Crippen molar-refractivity contribution in [3.63, 3.8) is 0 Å². The molecule has 0 aliphatic heterocycles. The highest BCUT2D eigenvalue weighted by Crippen LogP contribution is 2.25. The van der Waals surface area contributed by atoms with Crippen molar-refractivity contribution in [2.24, 2.45) is 0 Å². The van der Waals surface area contributed by atoms with Crippen LogP contribution in [0.1, 0.15) is 32.7 Å². The third-order valence-electron chi connectivity index (χ3n) is 4.12. The van der Waals surface area contributed by atoms with Crippen LogP contribution in [0.5, 0.6) is 5.75 Å². The Balaban J connectivity index is 1.76. The monoisotopic (exact) mass is 398 g/mol. The lowest BCUT2D eigenvalue weighted by Gasteiger charge is -2.10. The zero-order valence-electron chi connectivity index (χ0n) is 15.3. The number of hydrogen-bond acceptors (Lipinski definition) is 5. The molecule has 27 heavy (non-hydrogen) atoms. The molecule has 138 valence electrons. The largest absolute Gasteiger partial charge is 0.421 e. The van der Waals surface area contributed by atoms with Crippen molar-refractivity contribution in [2.45, 2.75) is 31.7 Å². The van der Waals surface area contributed by atoms with E-state index >= 15 is 0 Å². The maximum Gasteiger partial charge on any atom is 0.364 e. The predicted molar refractivity (Wildman–Crippen MR) is 109 cm³/mol. The maximum absolute atomic E-state index is 12.6. The van der Waals surface area contributed by atoms with Crippen molar-refractivity contribution in [1.29, 1.82) is 0 Å². The molecule has 6 heteroatoms. The Hall–Kier alpha value is -2.37. The topological polar surface area (TPSA) is 52.1 Å². The van der Waals surface area contributed by atoms with Crippen LogP contribution in [-0.4, -0.2) is 15.9 Å². The minimum Gasteiger partial charge on any atom is -0.421 e. The van der Waals surface area contributed by atoms with Crippen molar-refractivity contribution in [3.05, 3.63) is 81.6 Å². The molecule has 0 saturated heterocycles. The number of nitrogens with zero attached hydrogens (tertiary/aromatic N) is 2. The Morgan fingerprint density at radius 3 is 2.70 bits per heavy atom. The zero-order chi connectivity index (χ0) is 19.4. The molecule has 0 spiro atoms. The molecular formula is C21H19ClN2O2S. The van der Waals surface area contributed by atoms with Gasteiger partial charge in [0.25, 0.3) is 0 Å². The molecule has 0 amide bonds. The molecule has 0 saturated carbocycles. The lowest BCUT2D eigenvalue weighted by molar-refractivity contribution is 0.0726. The van der Waals surface area contributed by atoms with Crippen molar-refractivity contribution >= 4 is 29.3 Å². The Bertz CT molecular complexity index is 992. The number of hydrogen-bond donors (Lipinski definition) is 0. The van der Waals surface area contributed by atoms with Gasteiger partial charge in [-0.05, 0) is 43.5 Å². The number of carbonyl (C=O) groups excluding carboxylic acids is 1. The molecule has 0 atom stereocenters. The number of rotatable bonds is 5. The number of carbonyl (C=O) groups is 1. The summed E-state index contributed by atoms with van der Waals surface area (Å²) in [5.74, 6) is 0.617. The normalized spacial score (nSPS) is 10.7. The highest BCUT2D eigenvalue weighted by Gasteiger charge is 2.18. The van der Waals surface area contributed by atoms with Crippen LogP contribution < -0.4 is 4.74 Å². The molecule has 0 aliphatic carbocycles. The van der Waals surface area contributed by atoms with Crippen LogP contribution in [-0.2, 0) is 5.75 Å². The molecule has 0 unspecified atom stereocenters. The van der Waals surface area contributed by atoms with Gasteiger partial charge in [0.1, 0.15) is 5.75 Å². The van der Waals surface area contributed by atoms with Gasteiger partial charge >= 0.3 is 5.97 Å². The first kappa shape index (κ1) is 19.4. The first-order valence-electron chi connectivity index (χ1n) is 8.43. The molecule has 3 aromatic rings. The summed E-state index contributed by atoms with van der Waals surface area (Å²) in [7, 11) is 0. The highest BCUT2D eigenvalue weighted by atomic mass is 35.5. The molecule has 1 heterocycles. The summed E-state index contributed by atoms with van der Waals surface area (Å²) in [5.41, 5.74) is 4.38. The van der Waals surface area contributed by atoms with Gasteiger partial charge in [0.2, 0.25) is 0 Å². The molecule has 1 aromatic heterocycles. The second-order valence-corrected chi connectivity index (χ2v) is 7.56. The standard InChI is InChI=1S/C21H19ClN2O2S/c1-13-6-4-8-16(10-13)12-27-21-23-11-17(22)19(24-21)20(25)26-18-9-5-7-14(2)15(18)3/h4-11H,12H2,1-3H3. The first-order valence-corrected chi connectivity index (χ1v) is 9.79. The summed E-state index contributed by atoms with van der Waals surface area (Å²) < 4.78 is 5.50. The van der Waals surface area contributed by atoms with Crippen molar-refractivity contribution in [1.82, 2.24) is 9.97 Å². The Kier molecular flexibility index (Phi) is 6.14. The van der Waals surface area contributed by atoms with Gasteiger partial charge in [-0.15, -0.1) is 0 Å². The summed E-state index contributed by atoms with van der Waals surface area (Å²) >= 11 is 7.58. The van der Waals surface area contributed by atoms with E-state index in [-0.39, 0.29) is 10.7 Å². The Morgan fingerprint density at radius 1 is 1.15 bits per heavy atom. The minimum atomic E-state index is -0.589. The van der Waals surface area contributed by atoms with Gasteiger partial charge in [-0.3, -0.25) is 0 Å². The van der Waals surface area contributed by atoms with Gasteiger partial charge < -0.3 is 4.74 Å². The fourth-order valence-corrected chi connectivity index (χ4v) is 3.42. The average molecular weight is 399 g/mol. The van der Waals surface area contributed by atoms with Crippen LogP contribution in [0.25, 0.3) is 0 Å². The molecule has 0 bridgehead atoms. The van der Waals surface area contributed by atoms with Gasteiger partial charge in [-0.25, -0.2) is 14.8 Å². The summed E-state index contributed by atoms with van der Waals surface area (Å²) in [6.45, 7) is 5.92. The van der Waals surface area contributed by atoms with E-state index in [4.69, 9.17) is 16.3 Å². The van der Waals surface area contributed by atoms with Gasteiger partial charge in [-0.1, -0.05) is 65.3 Å². The molecule has 3 rings (SSSR count). The Morgan fingerprint density at radius 2 is 1.93 bits per heavy atom. The van der Waals surface area contributed by atoms with E-state index < -0.39 is 5.97 Å². The molecule has 0 aliphatic rings. The van der Waals surface area contributed by atoms with Crippen LogP contribution in [0.15, 0.2) is 53.8 Å². The van der Waals surface area contributed by atoms with Gasteiger partial charge in [0.05, 0.1) is 11.2 Å². The van der Waals surface area contributed by atoms with Crippen molar-refractivity contribution in [2.75, 3.05) is 0 Å². The van der Waals surface area contributed by atoms with Gasteiger partial charge in [-0.2, -0.15) is 0 Å². The first-order chi connectivity index (χ1) is 12.9. The second-order valence-electron chi connectivity index (χ2n) is 6.21. The van der Waals surface area contributed by atoms with E-state index in [0.717, 1.165) is 16.7 Å². The van der Waals surface area contributed by atoms with E-state index in [9.17, 15) is 4.79 Å². The Labute approximate surface area is 168 Å². The van der Waals surface area contributed by atoms with E-state index in [2.05, 4.69) is 16.0 Å². The number of ether oxygens (including phenoxy) is 1. The number of thioether (sulfide) groups is 1. The smallest absolute Gasteiger partial charge is 0.364 e. The lowest BCUT2D eigenvalue weighted by atomic mass is 10.1. The average Bonchev–Trinajstić information content (AvgIpc) is 2.65. The van der Waals surface area contributed by atoms with Crippen LogP contribution in [0.3, 0.4) is 0 Å². The maximum atomic E-state index is 12.6. The van der Waals surface area contributed by atoms with Crippen LogP contribution in [0.4, 0.5) is 0 Å². The highest BCUT2D eigenvalue weighted by molar-refractivity contribution is 7.98. The zero-order valence-corrected chi connectivity index (χ0v) is 16.9. The third-order valence-corrected chi connectivity index (χ3v) is 5.33. The fourth-order valence-electron chi connectivity index (χ4n) is 2.50.